The van der Waals surface area contributed by atoms with E-state index in [0.717, 1.165) is 33.9 Å². The molecule has 0 spiro atoms. The van der Waals surface area contributed by atoms with Gasteiger partial charge in [-0.25, -0.2) is 9.97 Å². The molecule has 0 aliphatic rings. The number of rotatable bonds is 9. The maximum atomic E-state index is 5.33. The first kappa shape index (κ1) is 24.7. The molecule has 0 saturated carbocycles. The van der Waals surface area contributed by atoms with Gasteiger partial charge < -0.3 is 19.5 Å². The summed E-state index contributed by atoms with van der Waals surface area (Å²) in [6.45, 7) is 0.618. The smallest absolute Gasteiger partial charge is 0.201 e. The minimum atomic E-state index is 0.432. The van der Waals surface area contributed by atoms with E-state index < -0.39 is 0 Å². The molecule has 0 atom stereocenters. The largest absolute Gasteiger partial charge is 0.497 e. The molecule has 8 nitrogen and oxygen atoms in total. The summed E-state index contributed by atoms with van der Waals surface area (Å²) in [5.74, 6) is 3.50. The maximum Gasteiger partial charge on any atom is 0.201 e. The van der Waals surface area contributed by atoms with Gasteiger partial charge in [-0.3, -0.25) is 0 Å². The Labute approximate surface area is 221 Å². The van der Waals surface area contributed by atoms with Gasteiger partial charge in [-0.05, 0) is 78.4 Å². The standard InChI is InChI=1S/C30H27N5O3/c1-36-23-13-7-20(8-14-23)19-31-27-6-4-5-26(32-27)30-33-28(21-9-15-24(37-2)16-10-21)29(34-35-30)22-11-17-25(38-3)18-12-22/h4-18H,19H2,1-3H3,(H,31,32). The molecule has 0 fully saturated rings. The van der Waals surface area contributed by atoms with Crippen LogP contribution < -0.4 is 19.5 Å². The zero-order chi connectivity index (χ0) is 26.3. The second-order valence-corrected chi connectivity index (χ2v) is 8.40. The number of hydrogen-bond donors (Lipinski definition) is 1. The lowest BCUT2D eigenvalue weighted by molar-refractivity contribution is 0.414. The summed E-state index contributed by atoms with van der Waals surface area (Å²) in [5, 5.41) is 12.4. The van der Waals surface area contributed by atoms with Gasteiger partial charge in [0.05, 0.1) is 21.3 Å². The Morgan fingerprint density at radius 1 is 0.579 bits per heavy atom. The summed E-state index contributed by atoms with van der Waals surface area (Å²) in [6, 6.07) is 29.0. The van der Waals surface area contributed by atoms with Gasteiger partial charge in [0.1, 0.15) is 40.1 Å². The van der Waals surface area contributed by atoms with Crippen LogP contribution in [0, 0.1) is 0 Å². The minimum Gasteiger partial charge on any atom is -0.497 e. The molecule has 190 valence electrons. The number of anilines is 1. The van der Waals surface area contributed by atoms with Gasteiger partial charge in [-0.2, -0.15) is 0 Å². The van der Waals surface area contributed by atoms with Gasteiger partial charge in [-0.15, -0.1) is 10.2 Å². The van der Waals surface area contributed by atoms with Gasteiger partial charge >= 0.3 is 0 Å². The van der Waals surface area contributed by atoms with E-state index in [1.165, 1.54) is 0 Å². The molecular weight excluding hydrogens is 478 g/mol. The van der Waals surface area contributed by atoms with E-state index in [9.17, 15) is 0 Å². The van der Waals surface area contributed by atoms with Crippen molar-refractivity contribution in [3.8, 4) is 51.3 Å². The molecule has 0 saturated heterocycles. The molecule has 5 aromatic rings. The number of hydrogen-bond acceptors (Lipinski definition) is 8. The lowest BCUT2D eigenvalue weighted by Gasteiger charge is -2.11. The first-order valence-electron chi connectivity index (χ1n) is 12.0. The molecule has 38 heavy (non-hydrogen) atoms. The third-order valence-corrected chi connectivity index (χ3v) is 6.02. The van der Waals surface area contributed by atoms with E-state index >= 15 is 0 Å². The van der Waals surface area contributed by atoms with Crippen molar-refractivity contribution in [3.63, 3.8) is 0 Å². The number of nitrogens with zero attached hydrogens (tertiary/aromatic N) is 4. The lowest BCUT2D eigenvalue weighted by atomic mass is 10.0. The monoisotopic (exact) mass is 505 g/mol. The van der Waals surface area contributed by atoms with Gasteiger partial charge in [0, 0.05) is 17.7 Å². The molecule has 3 aromatic carbocycles. The van der Waals surface area contributed by atoms with E-state index in [0.29, 0.717) is 35.3 Å². The maximum absolute atomic E-state index is 5.33. The Morgan fingerprint density at radius 3 is 1.71 bits per heavy atom. The third kappa shape index (κ3) is 5.54. The van der Waals surface area contributed by atoms with E-state index in [2.05, 4.69) is 15.5 Å². The third-order valence-electron chi connectivity index (χ3n) is 6.02. The van der Waals surface area contributed by atoms with Crippen molar-refractivity contribution < 1.29 is 14.2 Å². The van der Waals surface area contributed by atoms with Crippen LogP contribution in [-0.4, -0.2) is 41.5 Å². The van der Waals surface area contributed by atoms with Crippen LogP contribution in [0.25, 0.3) is 34.0 Å². The fourth-order valence-electron chi connectivity index (χ4n) is 3.92. The molecule has 5 rings (SSSR count). The molecule has 1 N–H and O–H groups in total. The fraction of sp³-hybridized carbons (Fsp3) is 0.133. The highest BCUT2D eigenvalue weighted by atomic mass is 16.5. The number of ether oxygens (including phenoxy) is 3. The van der Waals surface area contributed by atoms with Gasteiger partial charge in [0.2, 0.25) is 5.82 Å². The number of aromatic nitrogens is 4. The molecule has 0 aliphatic heterocycles. The van der Waals surface area contributed by atoms with E-state index in [1.54, 1.807) is 21.3 Å². The molecule has 0 amide bonds. The van der Waals surface area contributed by atoms with Crippen LogP contribution in [0.2, 0.25) is 0 Å². The Morgan fingerprint density at radius 2 is 1.13 bits per heavy atom. The Kier molecular flexibility index (Phi) is 7.40. The number of nitrogens with one attached hydrogen (secondary N) is 1. The van der Waals surface area contributed by atoms with Gasteiger partial charge in [0.25, 0.3) is 0 Å². The number of benzene rings is 3. The summed E-state index contributed by atoms with van der Waals surface area (Å²) in [5.41, 5.74) is 4.86. The first-order valence-corrected chi connectivity index (χ1v) is 12.0. The Balaban J connectivity index is 1.47. The van der Waals surface area contributed by atoms with E-state index in [4.69, 9.17) is 24.2 Å². The van der Waals surface area contributed by atoms with Crippen LogP contribution in [0.3, 0.4) is 0 Å². The summed E-state index contributed by atoms with van der Waals surface area (Å²) in [4.78, 5) is 9.66. The summed E-state index contributed by atoms with van der Waals surface area (Å²) in [6.07, 6.45) is 0. The van der Waals surface area contributed by atoms with Crippen LogP contribution >= 0.6 is 0 Å². The second-order valence-electron chi connectivity index (χ2n) is 8.40. The van der Waals surface area contributed by atoms with Crippen molar-refractivity contribution in [2.45, 2.75) is 6.54 Å². The second kappa shape index (κ2) is 11.4. The summed E-state index contributed by atoms with van der Waals surface area (Å²) >= 11 is 0. The van der Waals surface area contributed by atoms with Crippen LogP contribution in [0.15, 0.2) is 91.0 Å². The summed E-state index contributed by atoms with van der Waals surface area (Å²) < 4.78 is 15.9. The van der Waals surface area contributed by atoms with Crippen LogP contribution in [0.1, 0.15) is 5.56 Å². The highest BCUT2D eigenvalue weighted by molar-refractivity contribution is 5.79. The van der Waals surface area contributed by atoms with Gasteiger partial charge in [-0.1, -0.05) is 18.2 Å². The van der Waals surface area contributed by atoms with Crippen molar-refractivity contribution in [1.29, 1.82) is 0 Å². The average Bonchev–Trinajstić information content (AvgIpc) is 3.00. The average molecular weight is 506 g/mol. The van der Waals surface area contributed by atoms with E-state index in [-0.39, 0.29) is 0 Å². The lowest BCUT2D eigenvalue weighted by Crippen LogP contribution is -2.04. The van der Waals surface area contributed by atoms with Crippen molar-refractivity contribution in [1.82, 2.24) is 20.2 Å². The zero-order valence-corrected chi connectivity index (χ0v) is 21.4. The normalized spacial score (nSPS) is 10.6. The SMILES string of the molecule is COc1ccc(CNc2cccc(-c3nnc(-c4ccc(OC)cc4)c(-c4ccc(OC)cc4)n3)n2)cc1. The molecule has 0 aliphatic carbocycles. The molecule has 8 heteroatoms. The van der Waals surface area contributed by atoms with Crippen molar-refractivity contribution >= 4 is 5.82 Å². The Hall–Kier alpha value is -4.98. The molecule has 0 radical (unpaired) electrons. The topological polar surface area (TPSA) is 91.3 Å². The summed E-state index contributed by atoms with van der Waals surface area (Å²) in [7, 11) is 4.94. The molecule has 2 aromatic heterocycles. The fourth-order valence-corrected chi connectivity index (χ4v) is 3.92. The van der Waals surface area contributed by atoms with Crippen molar-refractivity contribution in [3.05, 3.63) is 96.6 Å². The highest BCUT2D eigenvalue weighted by Crippen LogP contribution is 2.32. The number of pyridine rings is 1. The van der Waals surface area contributed by atoms with Crippen LogP contribution in [0.5, 0.6) is 17.2 Å². The first-order chi connectivity index (χ1) is 18.7. The van der Waals surface area contributed by atoms with Crippen LogP contribution in [0.4, 0.5) is 5.82 Å². The predicted octanol–water partition coefficient (Wildman–Crippen LogP) is 5.91. The van der Waals surface area contributed by atoms with Gasteiger partial charge in [0.15, 0.2) is 0 Å². The molecule has 0 bridgehead atoms. The number of methoxy groups -OCH3 is 3. The minimum absolute atomic E-state index is 0.432. The van der Waals surface area contributed by atoms with Crippen LogP contribution in [-0.2, 0) is 6.54 Å². The van der Waals surface area contributed by atoms with Crippen molar-refractivity contribution in [2.75, 3.05) is 26.6 Å². The van der Waals surface area contributed by atoms with E-state index in [1.807, 2.05) is 91.0 Å². The predicted molar refractivity (Wildman–Crippen MR) is 147 cm³/mol. The highest BCUT2D eigenvalue weighted by Gasteiger charge is 2.16. The molecule has 2 heterocycles. The quantitative estimate of drug-likeness (QED) is 0.265. The van der Waals surface area contributed by atoms with Crippen molar-refractivity contribution in [2.24, 2.45) is 0 Å². The molecular formula is C30H27N5O3. The molecule has 0 unspecified atom stereocenters. The Bertz CT molecular complexity index is 1510. The zero-order valence-electron chi connectivity index (χ0n) is 21.4.